The molecule has 0 atom stereocenters. The quantitative estimate of drug-likeness (QED) is 0.0732. The zero-order valence-corrected chi connectivity index (χ0v) is 40.3. The van der Waals surface area contributed by atoms with Crippen molar-refractivity contribution < 1.29 is 87.2 Å². The average Bonchev–Trinajstić information content (AvgIpc) is 3.28. The molecule has 6 aromatic rings. The van der Waals surface area contributed by atoms with Crippen LogP contribution in [0.25, 0.3) is 0 Å². The Kier molecular flexibility index (Phi) is 14.8. The number of esters is 4. The van der Waals surface area contributed by atoms with Gasteiger partial charge >= 0.3 is 47.8 Å². The highest BCUT2D eigenvalue weighted by Gasteiger charge is 2.38. The molecule has 2 aliphatic rings. The minimum atomic E-state index is -1.35. The van der Waals surface area contributed by atoms with Crippen molar-refractivity contribution in [3.8, 4) is 46.0 Å². The number of hydrogen-bond donors (Lipinski definition) is 4. The number of carbonyl (C=O) groups excluding carboxylic acids is 4. The van der Waals surface area contributed by atoms with Crippen molar-refractivity contribution in [3.63, 3.8) is 0 Å². The van der Waals surface area contributed by atoms with E-state index in [0.29, 0.717) is 22.3 Å². The zero-order valence-electron chi connectivity index (χ0n) is 37.3. The van der Waals surface area contributed by atoms with E-state index in [9.17, 15) is 58.8 Å². The highest BCUT2D eigenvalue weighted by Crippen LogP contribution is 2.55. The summed E-state index contributed by atoms with van der Waals surface area (Å²) in [7, 11) is 0. The molecular formula is C50H32Cl4O18. The Labute approximate surface area is 425 Å². The van der Waals surface area contributed by atoms with Gasteiger partial charge in [0.15, 0.2) is 23.0 Å². The fraction of sp³-hybridized carbons (Fsp3) is 0.120. The fourth-order valence-electron chi connectivity index (χ4n) is 7.99. The molecule has 6 aromatic carbocycles. The number of rotatable bonds is 10. The molecule has 0 unspecified atom stereocenters. The molecule has 0 saturated carbocycles. The third-order valence-electron chi connectivity index (χ3n) is 10.7. The lowest BCUT2D eigenvalue weighted by Gasteiger charge is -2.31. The molecule has 2 heterocycles. The van der Waals surface area contributed by atoms with E-state index in [-0.39, 0.29) is 99.5 Å². The van der Waals surface area contributed by atoms with Gasteiger partial charge in [0.2, 0.25) is 0 Å². The van der Waals surface area contributed by atoms with Crippen molar-refractivity contribution >= 4 is 94.2 Å². The van der Waals surface area contributed by atoms with Crippen LogP contribution in [0.5, 0.6) is 46.0 Å². The van der Waals surface area contributed by atoms with Crippen LogP contribution in [-0.2, 0) is 19.2 Å². The molecule has 22 heteroatoms. The van der Waals surface area contributed by atoms with Crippen LogP contribution in [-0.4, -0.2) is 68.2 Å². The van der Waals surface area contributed by atoms with E-state index in [4.69, 9.17) is 74.8 Å². The van der Waals surface area contributed by atoms with Gasteiger partial charge in [-0.1, -0.05) is 52.5 Å². The number of carboxylic acid groups (broad SMARTS) is 4. The number of fused-ring (bicyclic) bond motifs is 4. The van der Waals surface area contributed by atoms with Crippen LogP contribution in [0.2, 0.25) is 20.1 Å². The van der Waals surface area contributed by atoms with Gasteiger partial charge in [0.05, 0.1) is 42.3 Å². The van der Waals surface area contributed by atoms with E-state index in [1.54, 1.807) is 0 Å². The maximum absolute atomic E-state index is 12.2. The van der Waals surface area contributed by atoms with Crippen LogP contribution in [0.15, 0.2) is 84.9 Å². The molecule has 0 bridgehead atoms. The van der Waals surface area contributed by atoms with Crippen molar-refractivity contribution in [3.05, 3.63) is 161 Å². The first-order valence-electron chi connectivity index (χ1n) is 20.6. The molecule has 0 fully saturated rings. The Bertz CT molecular complexity index is 3190. The highest BCUT2D eigenvalue weighted by molar-refractivity contribution is 6.33. The van der Waals surface area contributed by atoms with Gasteiger partial charge in [0.25, 0.3) is 0 Å². The number of ether oxygens (including phenoxy) is 6. The fourth-order valence-corrected chi connectivity index (χ4v) is 8.83. The molecule has 4 N–H and O–H groups in total. The molecule has 0 amide bonds. The van der Waals surface area contributed by atoms with Gasteiger partial charge in [-0.15, -0.1) is 0 Å². The lowest BCUT2D eigenvalue weighted by molar-refractivity contribution is -0.132. The van der Waals surface area contributed by atoms with Gasteiger partial charge in [-0.2, -0.15) is 0 Å². The van der Waals surface area contributed by atoms with E-state index < -0.39 is 59.6 Å². The maximum atomic E-state index is 12.2. The summed E-state index contributed by atoms with van der Waals surface area (Å²) >= 11 is 25.4. The molecular weight excluding hydrogens is 1030 g/mol. The van der Waals surface area contributed by atoms with Crippen LogP contribution in [0.4, 0.5) is 0 Å². The molecule has 368 valence electrons. The number of benzene rings is 6. The summed E-state index contributed by atoms with van der Waals surface area (Å²) < 4.78 is 32.5. The molecule has 2 aliphatic heterocycles. The molecule has 0 aromatic heterocycles. The summed E-state index contributed by atoms with van der Waals surface area (Å²) in [5.41, 5.74) is 0.579. The second-order valence-corrected chi connectivity index (χ2v) is 17.1. The molecule has 8 rings (SSSR count). The topological polar surface area (TPSA) is 273 Å². The largest absolute Gasteiger partial charge is 0.478 e. The summed E-state index contributed by atoms with van der Waals surface area (Å²) in [6.07, 6.45) is 0. The van der Waals surface area contributed by atoms with Crippen molar-refractivity contribution in [2.24, 2.45) is 0 Å². The first-order valence-corrected chi connectivity index (χ1v) is 22.1. The minimum Gasteiger partial charge on any atom is -0.478 e. The molecule has 0 saturated heterocycles. The lowest BCUT2D eigenvalue weighted by atomic mass is 9.78. The smallest absolute Gasteiger partial charge is 0.336 e. The van der Waals surface area contributed by atoms with Crippen molar-refractivity contribution in [2.75, 3.05) is 0 Å². The normalized spacial score (nSPS) is 12.1. The van der Waals surface area contributed by atoms with Gasteiger partial charge in [0.1, 0.15) is 23.0 Å². The minimum absolute atomic E-state index is 0.00275. The van der Waals surface area contributed by atoms with Gasteiger partial charge in [-0.3, -0.25) is 19.2 Å². The molecule has 0 aliphatic carbocycles. The SMILES string of the molecule is CC(=O)Oc1cc2c(cc1Cl)C(c1c(C(=O)O)cccc1C(=O)O)c1cc(Cl)c(OC(C)=O)cc1O2.CC(=O)Oc1cc2c(cc1Cl)C(c1cc(C(=O)O)ccc1C(=O)O)c1cc(Cl)c(OC(C)=O)cc1O2. The van der Waals surface area contributed by atoms with Crippen LogP contribution in [0.1, 0.15) is 114 Å². The predicted octanol–water partition coefficient (Wildman–Crippen LogP) is 11.1. The van der Waals surface area contributed by atoms with Crippen LogP contribution < -0.4 is 28.4 Å². The summed E-state index contributed by atoms with van der Waals surface area (Å²) in [6, 6.07) is 18.6. The standard InChI is InChI=1S/2C25H16Cl2O9/c1-10(28)34-21-8-19-15(6-17(21)26)23(14-5-12(24(30)31)3-4-13(14)25(32)33)16-7-18(27)22(35-11(2)29)9-20(16)36-19;1-10(28)34-20-8-18-14(6-16(20)26)23(22-12(24(30)31)4-3-5-13(22)25(32)33)15-7-17(27)21(35-11(2)29)9-19(15)36-18/h2*3-9,23H,1-2H3,(H,30,31)(H,32,33). The molecule has 0 spiro atoms. The Morgan fingerprint density at radius 2 is 0.722 bits per heavy atom. The van der Waals surface area contributed by atoms with Crippen molar-refractivity contribution in [2.45, 2.75) is 39.5 Å². The highest BCUT2D eigenvalue weighted by atomic mass is 35.5. The Morgan fingerprint density at radius 3 is 1.01 bits per heavy atom. The first kappa shape index (κ1) is 51.7. The van der Waals surface area contributed by atoms with E-state index in [1.807, 2.05) is 0 Å². The summed E-state index contributed by atoms with van der Waals surface area (Å²) in [6.45, 7) is 4.76. The van der Waals surface area contributed by atoms with Gasteiger partial charge < -0.3 is 48.8 Å². The molecule has 72 heavy (non-hydrogen) atoms. The van der Waals surface area contributed by atoms with Crippen LogP contribution in [0.3, 0.4) is 0 Å². The third-order valence-corrected chi connectivity index (χ3v) is 11.8. The number of aromatic carboxylic acids is 4. The van der Waals surface area contributed by atoms with Gasteiger partial charge in [0, 0.05) is 86.1 Å². The van der Waals surface area contributed by atoms with E-state index >= 15 is 0 Å². The predicted molar refractivity (Wildman–Crippen MR) is 254 cm³/mol. The third kappa shape index (κ3) is 10.6. The summed E-state index contributed by atoms with van der Waals surface area (Å²) in [5.74, 6) is -9.26. The van der Waals surface area contributed by atoms with Crippen molar-refractivity contribution in [1.29, 1.82) is 0 Å². The maximum Gasteiger partial charge on any atom is 0.336 e. The van der Waals surface area contributed by atoms with Gasteiger partial charge in [-0.05, 0) is 65.7 Å². The van der Waals surface area contributed by atoms with Crippen molar-refractivity contribution in [1.82, 2.24) is 0 Å². The van der Waals surface area contributed by atoms with E-state index in [2.05, 4.69) is 0 Å². The monoisotopic (exact) mass is 1060 g/mol. The first-order chi connectivity index (χ1) is 33.9. The Morgan fingerprint density at radius 1 is 0.403 bits per heavy atom. The number of halogens is 4. The van der Waals surface area contributed by atoms with Crippen LogP contribution >= 0.6 is 46.4 Å². The second-order valence-electron chi connectivity index (χ2n) is 15.5. The van der Waals surface area contributed by atoms with E-state index in [1.165, 1.54) is 113 Å². The average molecular weight is 1060 g/mol. The lowest BCUT2D eigenvalue weighted by Crippen LogP contribution is -2.19. The number of carbonyl (C=O) groups is 8. The molecule has 18 nitrogen and oxygen atoms in total. The summed E-state index contributed by atoms with van der Waals surface area (Å²) in [4.78, 5) is 94.2. The number of carboxylic acids is 4. The number of hydrogen-bond acceptors (Lipinski definition) is 14. The van der Waals surface area contributed by atoms with E-state index in [0.717, 1.165) is 0 Å². The second kappa shape index (κ2) is 20.7. The summed E-state index contributed by atoms with van der Waals surface area (Å²) in [5, 5.41) is 39.3. The Hall–Kier alpha value is -8.16. The van der Waals surface area contributed by atoms with Gasteiger partial charge in [-0.25, -0.2) is 19.2 Å². The Balaban J connectivity index is 0.000000211. The van der Waals surface area contributed by atoms with Crippen LogP contribution in [0, 0.1) is 0 Å². The zero-order chi connectivity index (χ0) is 52.6. The molecule has 0 radical (unpaired) electrons.